The molecule has 9 nitrogen and oxygen atoms in total. The average Bonchev–Trinajstić information content (AvgIpc) is 2.86. The highest BCUT2D eigenvalue weighted by atomic mass is 16.5. The molecule has 3 aromatic rings. The van der Waals surface area contributed by atoms with E-state index in [0.29, 0.717) is 23.7 Å². The molecule has 8 N–H and O–H groups in total. The Morgan fingerprint density at radius 1 is 0.833 bits per heavy atom. The lowest BCUT2D eigenvalue weighted by atomic mass is 9.86. The van der Waals surface area contributed by atoms with Crippen LogP contribution in [0.15, 0.2) is 78.9 Å². The SMILES string of the molecule is C[C@@H](CC(c1ccc(NC(N)=O)cc1)c1ccc(NC(N)=O)cc1)NC[C@H](O)COc1ccccc1. The molecule has 36 heavy (non-hydrogen) atoms. The van der Waals surface area contributed by atoms with Crippen molar-refractivity contribution in [2.75, 3.05) is 23.8 Å². The van der Waals surface area contributed by atoms with E-state index in [0.717, 1.165) is 17.5 Å². The molecule has 4 amide bonds. The Hall–Kier alpha value is -4.08. The topological polar surface area (TPSA) is 152 Å². The summed E-state index contributed by atoms with van der Waals surface area (Å²) in [4.78, 5) is 22.3. The summed E-state index contributed by atoms with van der Waals surface area (Å²) in [5.74, 6) is 0.726. The van der Waals surface area contributed by atoms with Crippen LogP contribution in [-0.2, 0) is 0 Å². The molecule has 0 saturated heterocycles. The molecule has 0 aliphatic heterocycles. The van der Waals surface area contributed by atoms with Crippen LogP contribution in [0.4, 0.5) is 21.0 Å². The minimum Gasteiger partial charge on any atom is -0.491 e. The van der Waals surface area contributed by atoms with Crippen molar-refractivity contribution < 1.29 is 19.4 Å². The number of hydrogen-bond acceptors (Lipinski definition) is 5. The Bertz CT molecular complexity index is 1050. The van der Waals surface area contributed by atoms with E-state index in [-0.39, 0.29) is 18.6 Å². The van der Waals surface area contributed by atoms with E-state index in [1.165, 1.54) is 0 Å². The molecular weight excluding hydrogens is 458 g/mol. The molecule has 0 radical (unpaired) electrons. The summed E-state index contributed by atoms with van der Waals surface area (Å²) < 4.78 is 5.63. The van der Waals surface area contributed by atoms with E-state index in [9.17, 15) is 14.7 Å². The molecular formula is C27H33N5O4. The predicted octanol–water partition coefficient (Wildman–Crippen LogP) is 3.61. The normalized spacial score (nSPS) is 12.5. The maximum absolute atomic E-state index is 11.2. The number of nitrogens with two attached hydrogens (primary N) is 2. The number of nitrogens with one attached hydrogen (secondary N) is 3. The first-order valence-electron chi connectivity index (χ1n) is 11.7. The zero-order chi connectivity index (χ0) is 25.9. The van der Waals surface area contributed by atoms with Crippen molar-refractivity contribution >= 4 is 23.4 Å². The number of benzene rings is 3. The van der Waals surface area contributed by atoms with Gasteiger partial charge in [-0.15, -0.1) is 0 Å². The molecule has 0 saturated carbocycles. The van der Waals surface area contributed by atoms with E-state index in [4.69, 9.17) is 16.2 Å². The molecule has 0 fully saturated rings. The lowest BCUT2D eigenvalue weighted by Crippen LogP contribution is -2.37. The number of rotatable bonds is 12. The second-order valence-corrected chi connectivity index (χ2v) is 8.60. The van der Waals surface area contributed by atoms with E-state index >= 15 is 0 Å². The second-order valence-electron chi connectivity index (χ2n) is 8.60. The maximum Gasteiger partial charge on any atom is 0.316 e. The van der Waals surface area contributed by atoms with Crippen LogP contribution in [0, 0.1) is 0 Å². The van der Waals surface area contributed by atoms with Gasteiger partial charge in [-0.25, -0.2) is 9.59 Å². The van der Waals surface area contributed by atoms with Crippen LogP contribution in [0.3, 0.4) is 0 Å². The average molecular weight is 492 g/mol. The number of carbonyl (C=O) groups excluding carboxylic acids is 2. The molecule has 0 bridgehead atoms. The summed E-state index contributed by atoms with van der Waals surface area (Å²) in [6.07, 6.45) is 0.0710. The highest BCUT2D eigenvalue weighted by Gasteiger charge is 2.19. The lowest BCUT2D eigenvalue weighted by Gasteiger charge is -2.24. The second kappa shape index (κ2) is 13.1. The fourth-order valence-electron chi connectivity index (χ4n) is 3.89. The highest BCUT2D eigenvalue weighted by molar-refractivity contribution is 5.88. The number of carbonyl (C=O) groups is 2. The summed E-state index contributed by atoms with van der Waals surface area (Å²) in [7, 11) is 0. The first-order chi connectivity index (χ1) is 17.3. The van der Waals surface area contributed by atoms with Crippen LogP contribution in [-0.4, -0.2) is 42.5 Å². The van der Waals surface area contributed by atoms with E-state index < -0.39 is 18.2 Å². The molecule has 3 aromatic carbocycles. The summed E-state index contributed by atoms with van der Waals surface area (Å²) in [5.41, 5.74) is 13.7. The van der Waals surface area contributed by atoms with Gasteiger partial charge in [-0.3, -0.25) is 0 Å². The Labute approximate surface area is 210 Å². The van der Waals surface area contributed by atoms with Crippen molar-refractivity contribution in [3.8, 4) is 5.75 Å². The first-order valence-corrected chi connectivity index (χ1v) is 11.7. The van der Waals surface area contributed by atoms with Crippen molar-refractivity contribution in [2.45, 2.75) is 31.4 Å². The van der Waals surface area contributed by atoms with Gasteiger partial charge < -0.3 is 37.3 Å². The molecule has 0 aliphatic carbocycles. The first kappa shape index (κ1) is 26.5. The molecule has 0 aromatic heterocycles. The smallest absolute Gasteiger partial charge is 0.316 e. The van der Waals surface area contributed by atoms with Gasteiger partial charge >= 0.3 is 12.1 Å². The van der Waals surface area contributed by atoms with Crippen LogP contribution in [0.5, 0.6) is 5.75 Å². The van der Waals surface area contributed by atoms with Crippen molar-refractivity contribution in [2.24, 2.45) is 11.5 Å². The van der Waals surface area contributed by atoms with Crippen molar-refractivity contribution in [3.05, 3.63) is 90.0 Å². The van der Waals surface area contributed by atoms with Gasteiger partial charge in [0.2, 0.25) is 0 Å². The Morgan fingerprint density at radius 2 is 1.33 bits per heavy atom. The Morgan fingerprint density at radius 3 is 1.81 bits per heavy atom. The van der Waals surface area contributed by atoms with Gasteiger partial charge in [0.25, 0.3) is 0 Å². The summed E-state index contributed by atoms with van der Waals surface area (Å²) in [6.45, 7) is 2.63. The molecule has 2 atom stereocenters. The number of aliphatic hydroxyl groups is 1. The molecule has 9 heteroatoms. The number of amides is 4. The standard InChI is InChI=1S/C27H33N5O4/c1-18(30-16-23(33)17-36-24-5-3-2-4-6-24)15-25(19-7-11-21(12-8-19)31-26(28)34)20-9-13-22(14-10-20)32-27(29)35/h2-14,18,23,25,30,33H,15-17H2,1H3,(H3,28,31,34)(H3,29,32,35)/t18-,23-/m0/s1. The third-order valence-corrected chi connectivity index (χ3v) is 5.64. The van der Waals surface area contributed by atoms with Gasteiger partial charge in [-0.1, -0.05) is 42.5 Å². The van der Waals surface area contributed by atoms with Gasteiger partial charge in [0, 0.05) is 29.9 Å². The van der Waals surface area contributed by atoms with Gasteiger partial charge in [0.05, 0.1) is 0 Å². The number of urea groups is 2. The van der Waals surface area contributed by atoms with Crippen LogP contribution in [0.1, 0.15) is 30.4 Å². The number of hydrogen-bond donors (Lipinski definition) is 6. The van der Waals surface area contributed by atoms with Gasteiger partial charge in [0.15, 0.2) is 0 Å². The van der Waals surface area contributed by atoms with E-state index in [2.05, 4.69) is 22.9 Å². The number of para-hydroxylation sites is 1. The van der Waals surface area contributed by atoms with E-state index in [1.807, 2.05) is 54.6 Å². The summed E-state index contributed by atoms with van der Waals surface area (Å²) >= 11 is 0. The third kappa shape index (κ3) is 8.61. The van der Waals surface area contributed by atoms with Crippen LogP contribution < -0.4 is 32.2 Å². The van der Waals surface area contributed by atoms with Crippen molar-refractivity contribution in [3.63, 3.8) is 0 Å². The maximum atomic E-state index is 11.2. The minimum absolute atomic E-state index is 0.00969. The van der Waals surface area contributed by atoms with Crippen molar-refractivity contribution in [1.82, 2.24) is 5.32 Å². The lowest BCUT2D eigenvalue weighted by molar-refractivity contribution is 0.103. The number of ether oxygens (including phenoxy) is 1. The fourth-order valence-corrected chi connectivity index (χ4v) is 3.89. The Kier molecular flexibility index (Phi) is 9.67. The molecule has 3 rings (SSSR count). The zero-order valence-corrected chi connectivity index (χ0v) is 20.2. The third-order valence-electron chi connectivity index (χ3n) is 5.64. The number of aliphatic hydroxyl groups excluding tert-OH is 1. The van der Waals surface area contributed by atoms with Gasteiger partial charge in [0.1, 0.15) is 18.5 Å². The number of primary amides is 2. The summed E-state index contributed by atoms with van der Waals surface area (Å²) in [6, 6.07) is 23.2. The Balaban J connectivity index is 1.66. The van der Waals surface area contributed by atoms with Crippen molar-refractivity contribution in [1.29, 1.82) is 0 Å². The van der Waals surface area contributed by atoms with Gasteiger partial charge in [-0.2, -0.15) is 0 Å². The molecule has 0 heterocycles. The highest BCUT2D eigenvalue weighted by Crippen LogP contribution is 2.31. The van der Waals surface area contributed by atoms with E-state index in [1.54, 1.807) is 24.3 Å². The molecule has 190 valence electrons. The van der Waals surface area contributed by atoms with Gasteiger partial charge in [-0.05, 0) is 60.9 Å². The predicted molar refractivity (Wildman–Crippen MR) is 141 cm³/mol. The minimum atomic E-state index is -0.663. The molecule has 0 spiro atoms. The van der Waals surface area contributed by atoms with Crippen LogP contribution in [0.2, 0.25) is 0 Å². The fraction of sp³-hybridized carbons (Fsp3) is 0.259. The molecule has 0 unspecified atom stereocenters. The largest absolute Gasteiger partial charge is 0.491 e. The van der Waals surface area contributed by atoms with Crippen LogP contribution >= 0.6 is 0 Å². The van der Waals surface area contributed by atoms with Crippen LogP contribution in [0.25, 0.3) is 0 Å². The monoisotopic (exact) mass is 491 g/mol. The molecule has 0 aliphatic rings. The zero-order valence-electron chi connectivity index (χ0n) is 20.2. The quantitative estimate of drug-likeness (QED) is 0.229. The summed E-state index contributed by atoms with van der Waals surface area (Å²) in [5, 5.41) is 18.9. The number of anilines is 2.